The van der Waals surface area contributed by atoms with Crippen LogP contribution in [-0.4, -0.2) is 27.1 Å². The smallest absolute Gasteiger partial charge is 0.186 e. The molecule has 0 saturated carbocycles. The van der Waals surface area contributed by atoms with Gasteiger partial charge in [0.25, 0.3) is 0 Å². The number of hydrogen-bond donors (Lipinski definition) is 0. The predicted molar refractivity (Wildman–Crippen MR) is 110 cm³/mol. The molecule has 3 rings (SSSR count). The normalized spacial score (nSPS) is 10.1. The van der Waals surface area contributed by atoms with E-state index in [0.29, 0.717) is 11.3 Å². The molecule has 3 aromatic rings. The average molecular weight is 374 g/mol. The highest BCUT2D eigenvalue weighted by Crippen LogP contribution is 2.27. The number of carbonyl (C=O) groups excluding carboxylic acids is 1. The Morgan fingerprint density at radius 3 is 1.21 bits per heavy atom. The van der Waals surface area contributed by atoms with Crippen molar-refractivity contribution in [3.8, 4) is 17.2 Å². The lowest BCUT2D eigenvalue weighted by atomic mass is 9.95. The van der Waals surface area contributed by atoms with Crippen LogP contribution in [0, 0.1) is 0 Å². The van der Waals surface area contributed by atoms with Gasteiger partial charge in [0.1, 0.15) is 17.2 Å². The molecule has 0 atom stereocenters. The lowest BCUT2D eigenvalue weighted by molar-refractivity contribution is 0.104. The minimum atomic E-state index is -0.0794. The molecule has 4 heteroatoms. The third kappa shape index (κ3) is 4.41. The number of benzene rings is 3. The third-order valence-electron chi connectivity index (χ3n) is 4.45. The van der Waals surface area contributed by atoms with Crippen molar-refractivity contribution in [3.63, 3.8) is 0 Å². The highest BCUT2D eigenvalue weighted by atomic mass is 16.5. The first-order valence-electron chi connectivity index (χ1n) is 8.83. The Morgan fingerprint density at radius 1 is 0.571 bits per heavy atom. The quantitative estimate of drug-likeness (QED) is 0.430. The van der Waals surface area contributed by atoms with E-state index in [1.807, 2.05) is 48.5 Å². The number of allylic oxidation sites excluding steroid dienone is 1. The first-order chi connectivity index (χ1) is 13.6. The highest BCUT2D eigenvalue weighted by molar-refractivity contribution is 6.10. The van der Waals surface area contributed by atoms with Crippen LogP contribution in [0.25, 0.3) is 5.57 Å². The van der Waals surface area contributed by atoms with E-state index >= 15 is 0 Å². The summed E-state index contributed by atoms with van der Waals surface area (Å²) in [6.07, 6.45) is 1.66. The van der Waals surface area contributed by atoms with Gasteiger partial charge in [-0.05, 0) is 71.3 Å². The van der Waals surface area contributed by atoms with Crippen LogP contribution in [0.1, 0.15) is 21.5 Å². The molecular weight excluding hydrogens is 352 g/mol. The molecule has 3 aromatic carbocycles. The zero-order valence-corrected chi connectivity index (χ0v) is 16.1. The summed E-state index contributed by atoms with van der Waals surface area (Å²) in [6.45, 7) is 0. The van der Waals surface area contributed by atoms with Crippen molar-refractivity contribution in [3.05, 3.63) is 95.6 Å². The largest absolute Gasteiger partial charge is 0.497 e. The van der Waals surface area contributed by atoms with Crippen molar-refractivity contribution in [2.75, 3.05) is 21.3 Å². The molecule has 0 aliphatic heterocycles. The third-order valence-corrected chi connectivity index (χ3v) is 4.45. The number of rotatable bonds is 7. The van der Waals surface area contributed by atoms with E-state index in [9.17, 15) is 4.79 Å². The summed E-state index contributed by atoms with van der Waals surface area (Å²) < 4.78 is 15.6. The topological polar surface area (TPSA) is 44.8 Å². The molecule has 142 valence electrons. The molecule has 0 amide bonds. The van der Waals surface area contributed by atoms with Crippen LogP contribution in [0.4, 0.5) is 0 Å². The maximum absolute atomic E-state index is 12.9. The van der Waals surface area contributed by atoms with E-state index in [1.54, 1.807) is 51.7 Å². The summed E-state index contributed by atoms with van der Waals surface area (Å²) in [5, 5.41) is 0. The molecule has 0 aromatic heterocycles. The fourth-order valence-corrected chi connectivity index (χ4v) is 2.84. The van der Waals surface area contributed by atoms with Crippen LogP contribution in [0.2, 0.25) is 0 Å². The fraction of sp³-hybridized carbons (Fsp3) is 0.125. The maximum atomic E-state index is 12.9. The number of ketones is 1. The van der Waals surface area contributed by atoms with Crippen molar-refractivity contribution in [1.82, 2.24) is 0 Å². The first kappa shape index (κ1) is 19.2. The Hall–Kier alpha value is -3.53. The second-order valence-corrected chi connectivity index (χ2v) is 6.11. The van der Waals surface area contributed by atoms with E-state index in [4.69, 9.17) is 14.2 Å². The van der Waals surface area contributed by atoms with Gasteiger partial charge in [0, 0.05) is 5.56 Å². The molecule has 0 spiro atoms. The van der Waals surface area contributed by atoms with Gasteiger partial charge in [-0.25, -0.2) is 0 Å². The van der Waals surface area contributed by atoms with Gasteiger partial charge in [-0.15, -0.1) is 0 Å². The zero-order valence-electron chi connectivity index (χ0n) is 16.1. The number of methoxy groups -OCH3 is 3. The Labute approximate surface area is 165 Å². The minimum absolute atomic E-state index is 0.0794. The van der Waals surface area contributed by atoms with E-state index < -0.39 is 0 Å². The summed E-state index contributed by atoms with van der Waals surface area (Å²) in [5.74, 6) is 2.16. The van der Waals surface area contributed by atoms with Gasteiger partial charge in [-0.2, -0.15) is 0 Å². The molecule has 0 N–H and O–H groups in total. The van der Waals surface area contributed by atoms with Crippen LogP contribution in [0.3, 0.4) is 0 Å². The first-order valence-corrected chi connectivity index (χ1v) is 8.83. The minimum Gasteiger partial charge on any atom is -0.497 e. The Morgan fingerprint density at radius 2 is 0.893 bits per heavy atom. The lowest BCUT2D eigenvalue weighted by Gasteiger charge is -2.11. The molecule has 0 fully saturated rings. The van der Waals surface area contributed by atoms with Crippen molar-refractivity contribution in [2.45, 2.75) is 0 Å². The molecule has 0 unspecified atom stereocenters. The van der Waals surface area contributed by atoms with Gasteiger partial charge >= 0.3 is 0 Å². The maximum Gasteiger partial charge on any atom is 0.186 e. The molecule has 0 saturated heterocycles. The Bertz CT molecular complexity index is 903. The summed E-state index contributed by atoms with van der Waals surface area (Å²) in [4.78, 5) is 12.9. The highest BCUT2D eigenvalue weighted by Gasteiger charge is 2.11. The predicted octanol–water partition coefficient (Wildman–Crippen LogP) is 5.03. The van der Waals surface area contributed by atoms with Crippen LogP contribution >= 0.6 is 0 Å². The molecule has 0 heterocycles. The summed E-state index contributed by atoms with van der Waals surface area (Å²) in [7, 11) is 4.85. The van der Waals surface area contributed by atoms with Crippen LogP contribution in [0.5, 0.6) is 17.2 Å². The standard InChI is InChI=1S/C24H22O4/c1-26-20-10-4-17(5-11-20)23(18-6-12-21(27-2)13-7-18)16-24(25)19-8-14-22(28-3)15-9-19/h4-16H,1-3H3. The average Bonchev–Trinajstić information content (AvgIpc) is 2.77. The van der Waals surface area contributed by atoms with Gasteiger partial charge in [-0.1, -0.05) is 24.3 Å². The second kappa shape index (κ2) is 8.91. The Kier molecular flexibility index (Phi) is 6.12. The molecule has 0 aliphatic rings. The molecule has 0 bridgehead atoms. The second-order valence-electron chi connectivity index (χ2n) is 6.11. The Balaban J connectivity index is 2.02. The zero-order chi connectivity index (χ0) is 19.9. The molecule has 4 nitrogen and oxygen atoms in total. The molecule has 28 heavy (non-hydrogen) atoms. The van der Waals surface area contributed by atoms with Crippen molar-refractivity contribution in [1.29, 1.82) is 0 Å². The van der Waals surface area contributed by atoms with Crippen molar-refractivity contribution >= 4 is 11.4 Å². The summed E-state index contributed by atoms with van der Waals surface area (Å²) in [5.41, 5.74) is 3.27. The molecule has 0 radical (unpaired) electrons. The van der Waals surface area contributed by atoms with Gasteiger partial charge < -0.3 is 14.2 Å². The molecule has 0 aliphatic carbocycles. The van der Waals surface area contributed by atoms with E-state index in [2.05, 4.69) is 0 Å². The van der Waals surface area contributed by atoms with Gasteiger partial charge in [-0.3, -0.25) is 4.79 Å². The lowest BCUT2D eigenvalue weighted by Crippen LogP contribution is -1.98. The summed E-state index contributed by atoms with van der Waals surface area (Å²) >= 11 is 0. The van der Waals surface area contributed by atoms with Crippen molar-refractivity contribution < 1.29 is 19.0 Å². The van der Waals surface area contributed by atoms with Crippen LogP contribution < -0.4 is 14.2 Å². The number of hydrogen-bond acceptors (Lipinski definition) is 4. The SMILES string of the molecule is COc1ccc(C(=O)C=C(c2ccc(OC)cc2)c2ccc(OC)cc2)cc1. The van der Waals surface area contributed by atoms with Gasteiger partial charge in [0.15, 0.2) is 5.78 Å². The van der Waals surface area contributed by atoms with Crippen LogP contribution in [0.15, 0.2) is 78.9 Å². The van der Waals surface area contributed by atoms with Crippen LogP contribution in [-0.2, 0) is 0 Å². The van der Waals surface area contributed by atoms with Gasteiger partial charge in [0.05, 0.1) is 21.3 Å². The number of carbonyl (C=O) groups is 1. The summed E-state index contributed by atoms with van der Waals surface area (Å²) in [6, 6.07) is 22.4. The van der Waals surface area contributed by atoms with E-state index in [1.165, 1.54) is 0 Å². The fourth-order valence-electron chi connectivity index (χ4n) is 2.84. The number of ether oxygens (including phenoxy) is 3. The van der Waals surface area contributed by atoms with Gasteiger partial charge in [0.2, 0.25) is 0 Å². The van der Waals surface area contributed by atoms with E-state index in [-0.39, 0.29) is 5.78 Å². The monoisotopic (exact) mass is 374 g/mol. The van der Waals surface area contributed by atoms with E-state index in [0.717, 1.165) is 28.2 Å². The molecular formula is C24H22O4. The van der Waals surface area contributed by atoms with Crippen molar-refractivity contribution in [2.24, 2.45) is 0 Å².